The van der Waals surface area contributed by atoms with E-state index in [9.17, 15) is 8.42 Å². The molecule has 1 aliphatic heterocycles. The van der Waals surface area contributed by atoms with E-state index in [0.717, 1.165) is 6.42 Å². The molecule has 0 saturated carbocycles. The smallest absolute Gasteiger partial charge is 0.152 e. The van der Waals surface area contributed by atoms with E-state index in [1.165, 1.54) is 0 Å². The van der Waals surface area contributed by atoms with Crippen LogP contribution in [-0.4, -0.2) is 50.3 Å². The summed E-state index contributed by atoms with van der Waals surface area (Å²) in [5.74, 6) is 0.353. The second-order valence-corrected chi connectivity index (χ2v) is 6.01. The summed E-state index contributed by atoms with van der Waals surface area (Å²) in [7, 11) is -2.96. The van der Waals surface area contributed by atoms with Crippen molar-refractivity contribution in [3.05, 3.63) is 0 Å². The van der Waals surface area contributed by atoms with Gasteiger partial charge in [-0.1, -0.05) is 0 Å². The lowest BCUT2D eigenvalue weighted by Crippen LogP contribution is -2.58. The summed E-state index contributed by atoms with van der Waals surface area (Å²) in [5.41, 5.74) is 5.08. The van der Waals surface area contributed by atoms with E-state index in [1.54, 1.807) is 0 Å². The first-order valence-electron chi connectivity index (χ1n) is 4.80. The van der Waals surface area contributed by atoms with Gasteiger partial charge in [-0.25, -0.2) is 8.42 Å². The molecule has 1 fully saturated rings. The fourth-order valence-electron chi connectivity index (χ4n) is 1.89. The number of β-amino-alcohol motifs (C(OH)–C–C–N with tert-alkyl or cyclic N) is 1. The molecule has 0 radical (unpaired) electrons. The van der Waals surface area contributed by atoms with Crippen molar-refractivity contribution in [1.82, 2.24) is 5.32 Å². The number of hydrogen-bond acceptors (Lipinski definition) is 5. The second kappa shape index (κ2) is 4.57. The van der Waals surface area contributed by atoms with Crippen LogP contribution in [0.1, 0.15) is 12.8 Å². The number of sulfone groups is 1. The fourth-order valence-corrected chi connectivity index (χ4v) is 3.82. The summed E-state index contributed by atoms with van der Waals surface area (Å²) in [6.45, 7) is 0.695. The monoisotopic (exact) mass is 222 g/mol. The highest BCUT2D eigenvalue weighted by atomic mass is 32.2. The molecule has 0 aromatic rings. The molecule has 1 saturated heterocycles. The van der Waals surface area contributed by atoms with Gasteiger partial charge in [-0.05, 0) is 12.8 Å². The Bertz CT molecular complexity index is 278. The first-order chi connectivity index (χ1) is 6.54. The topological polar surface area (TPSA) is 92.4 Å². The summed E-state index contributed by atoms with van der Waals surface area (Å²) in [6, 6.07) is 0. The Labute approximate surface area is 84.6 Å². The molecule has 4 N–H and O–H groups in total. The van der Waals surface area contributed by atoms with Gasteiger partial charge in [-0.2, -0.15) is 0 Å². The molecule has 0 amide bonds. The number of nitrogens with one attached hydrogen (secondary N) is 1. The molecule has 0 spiro atoms. The predicted octanol–water partition coefficient (Wildman–Crippen LogP) is -1.53. The van der Waals surface area contributed by atoms with Crippen molar-refractivity contribution in [2.24, 2.45) is 5.73 Å². The number of hydrogen-bond donors (Lipinski definition) is 3. The van der Waals surface area contributed by atoms with Crippen molar-refractivity contribution in [1.29, 1.82) is 0 Å². The first-order valence-corrected chi connectivity index (χ1v) is 6.62. The van der Waals surface area contributed by atoms with Crippen LogP contribution < -0.4 is 11.1 Å². The van der Waals surface area contributed by atoms with E-state index in [-0.39, 0.29) is 18.1 Å². The molecule has 84 valence electrons. The zero-order valence-corrected chi connectivity index (χ0v) is 9.02. The van der Waals surface area contributed by atoms with E-state index < -0.39 is 15.4 Å². The molecule has 0 aliphatic carbocycles. The summed E-state index contributed by atoms with van der Waals surface area (Å²) in [5, 5.41) is 11.7. The zero-order valence-electron chi connectivity index (χ0n) is 8.20. The average molecular weight is 222 g/mol. The standard InChI is InChI=1S/C8H18N2O3S/c9-6-8(10-3-4-11)2-1-5-14(12,13)7-8/h10-11H,1-7,9H2. The van der Waals surface area contributed by atoms with Crippen LogP contribution in [0.15, 0.2) is 0 Å². The lowest BCUT2D eigenvalue weighted by Gasteiger charge is -2.36. The lowest BCUT2D eigenvalue weighted by atomic mass is 9.95. The molecule has 1 heterocycles. The Hall–Kier alpha value is -0.170. The van der Waals surface area contributed by atoms with E-state index in [2.05, 4.69) is 5.32 Å². The number of nitrogens with two attached hydrogens (primary N) is 1. The quantitative estimate of drug-likeness (QED) is 0.537. The van der Waals surface area contributed by atoms with Gasteiger partial charge in [0, 0.05) is 18.6 Å². The summed E-state index contributed by atoms with van der Waals surface area (Å²) in [6.07, 6.45) is 1.42. The Kier molecular flexibility index (Phi) is 3.88. The van der Waals surface area contributed by atoms with Crippen LogP contribution in [0.3, 0.4) is 0 Å². The number of aliphatic hydroxyl groups is 1. The molecule has 1 aliphatic rings. The Morgan fingerprint density at radius 3 is 2.71 bits per heavy atom. The minimum atomic E-state index is -2.96. The largest absolute Gasteiger partial charge is 0.395 e. The van der Waals surface area contributed by atoms with Gasteiger partial charge in [-0.3, -0.25) is 0 Å². The van der Waals surface area contributed by atoms with Gasteiger partial charge >= 0.3 is 0 Å². The SMILES string of the molecule is NCC1(NCCO)CCCS(=O)(=O)C1. The maximum atomic E-state index is 11.4. The molecule has 0 aromatic heterocycles. The molecule has 5 nitrogen and oxygen atoms in total. The molecule has 6 heteroatoms. The van der Waals surface area contributed by atoms with Crippen molar-refractivity contribution in [2.75, 3.05) is 31.2 Å². The highest BCUT2D eigenvalue weighted by molar-refractivity contribution is 7.91. The summed E-state index contributed by atoms with van der Waals surface area (Å²) >= 11 is 0. The number of rotatable bonds is 4. The maximum Gasteiger partial charge on any atom is 0.152 e. The van der Waals surface area contributed by atoms with Crippen LogP contribution in [0, 0.1) is 0 Å². The molecular formula is C8H18N2O3S. The van der Waals surface area contributed by atoms with Crippen molar-refractivity contribution in [3.8, 4) is 0 Å². The molecular weight excluding hydrogens is 204 g/mol. The zero-order chi connectivity index (χ0) is 10.7. The van der Waals surface area contributed by atoms with Crippen molar-refractivity contribution < 1.29 is 13.5 Å². The Morgan fingerprint density at radius 1 is 1.50 bits per heavy atom. The van der Waals surface area contributed by atoms with Crippen molar-refractivity contribution in [2.45, 2.75) is 18.4 Å². The van der Waals surface area contributed by atoms with Crippen molar-refractivity contribution >= 4 is 9.84 Å². The van der Waals surface area contributed by atoms with Crippen LogP contribution >= 0.6 is 0 Å². The van der Waals surface area contributed by atoms with Crippen LogP contribution in [0.4, 0.5) is 0 Å². The predicted molar refractivity (Wildman–Crippen MR) is 54.8 cm³/mol. The molecule has 1 unspecified atom stereocenters. The van der Waals surface area contributed by atoms with E-state index in [4.69, 9.17) is 10.8 Å². The third-order valence-electron chi connectivity index (χ3n) is 2.61. The Balaban J connectivity index is 2.68. The third-order valence-corrected chi connectivity index (χ3v) is 4.51. The number of aliphatic hydroxyl groups excluding tert-OH is 1. The summed E-state index contributed by atoms with van der Waals surface area (Å²) in [4.78, 5) is 0. The minimum Gasteiger partial charge on any atom is -0.395 e. The molecule has 1 rings (SSSR count). The van der Waals surface area contributed by atoms with Gasteiger partial charge in [0.2, 0.25) is 0 Å². The third kappa shape index (κ3) is 2.91. The highest BCUT2D eigenvalue weighted by Gasteiger charge is 2.37. The Morgan fingerprint density at radius 2 is 2.21 bits per heavy atom. The lowest BCUT2D eigenvalue weighted by molar-refractivity contribution is 0.252. The van der Waals surface area contributed by atoms with Gasteiger partial charge in [0.1, 0.15) is 0 Å². The summed E-state index contributed by atoms with van der Waals surface area (Å²) < 4.78 is 22.9. The van der Waals surface area contributed by atoms with E-state index >= 15 is 0 Å². The molecule has 14 heavy (non-hydrogen) atoms. The molecule has 0 bridgehead atoms. The van der Waals surface area contributed by atoms with E-state index in [0.29, 0.717) is 19.5 Å². The fraction of sp³-hybridized carbons (Fsp3) is 1.00. The molecule has 1 atom stereocenters. The van der Waals surface area contributed by atoms with Gasteiger partial charge in [0.25, 0.3) is 0 Å². The normalized spacial score (nSPS) is 31.6. The van der Waals surface area contributed by atoms with Gasteiger partial charge in [0.05, 0.1) is 18.1 Å². The maximum absolute atomic E-state index is 11.4. The molecule has 0 aromatic carbocycles. The van der Waals surface area contributed by atoms with Crippen molar-refractivity contribution in [3.63, 3.8) is 0 Å². The van der Waals surface area contributed by atoms with Crippen LogP contribution in [0.25, 0.3) is 0 Å². The van der Waals surface area contributed by atoms with Gasteiger partial charge < -0.3 is 16.2 Å². The average Bonchev–Trinajstić information content (AvgIpc) is 2.13. The minimum absolute atomic E-state index is 0.00178. The van der Waals surface area contributed by atoms with Gasteiger partial charge in [-0.15, -0.1) is 0 Å². The second-order valence-electron chi connectivity index (χ2n) is 3.83. The van der Waals surface area contributed by atoms with E-state index in [1.807, 2.05) is 0 Å². The van der Waals surface area contributed by atoms with Crippen LogP contribution in [0.5, 0.6) is 0 Å². The highest BCUT2D eigenvalue weighted by Crippen LogP contribution is 2.21. The van der Waals surface area contributed by atoms with Crippen LogP contribution in [-0.2, 0) is 9.84 Å². The van der Waals surface area contributed by atoms with Gasteiger partial charge in [0.15, 0.2) is 9.84 Å². The van der Waals surface area contributed by atoms with Crippen LogP contribution in [0.2, 0.25) is 0 Å². The first kappa shape index (κ1) is 11.9.